The van der Waals surface area contributed by atoms with E-state index in [2.05, 4.69) is 14.9 Å². The Bertz CT molecular complexity index is 522. The molecule has 0 radical (unpaired) electrons. The molecule has 0 unspecified atom stereocenters. The second-order valence-electron chi connectivity index (χ2n) is 6.05. The first-order valence-corrected chi connectivity index (χ1v) is 7.73. The fourth-order valence-electron chi connectivity index (χ4n) is 3.72. The Morgan fingerprint density at radius 3 is 2.81 bits per heavy atom. The van der Waals surface area contributed by atoms with Gasteiger partial charge in [0.2, 0.25) is 0 Å². The molecule has 3 atom stereocenters. The third-order valence-electron chi connectivity index (χ3n) is 4.74. The summed E-state index contributed by atoms with van der Waals surface area (Å²) in [6, 6.07) is 0.290. The zero-order chi connectivity index (χ0) is 14.8. The number of amides is 1. The van der Waals surface area contributed by atoms with Gasteiger partial charge in [-0.3, -0.25) is 9.78 Å². The molecule has 2 heterocycles. The van der Waals surface area contributed by atoms with E-state index in [4.69, 9.17) is 5.73 Å². The van der Waals surface area contributed by atoms with Crippen molar-refractivity contribution in [3.05, 3.63) is 18.1 Å². The maximum Gasteiger partial charge on any atom is 0.268 e. The minimum Gasteiger partial charge on any atom is -0.393 e. The summed E-state index contributed by atoms with van der Waals surface area (Å²) in [6.07, 6.45) is 9.23. The molecule has 1 amide bonds. The number of primary amides is 1. The molecular formula is C15H22N4O2. The van der Waals surface area contributed by atoms with Crippen LogP contribution in [0.4, 0.5) is 5.82 Å². The van der Waals surface area contributed by atoms with E-state index in [0.717, 1.165) is 38.6 Å². The maximum absolute atomic E-state index is 11.3. The van der Waals surface area contributed by atoms with Crippen LogP contribution in [0.5, 0.6) is 0 Å². The van der Waals surface area contributed by atoms with E-state index in [1.165, 1.54) is 12.6 Å². The van der Waals surface area contributed by atoms with Crippen molar-refractivity contribution >= 4 is 11.7 Å². The lowest BCUT2D eigenvalue weighted by atomic mass is 9.80. The van der Waals surface area contributed by atoms with Gasteiger partial charge >= 0.3 is 0 Å². The number of aliphatic hydroxyl groups is 1. The number of aliphatic hydroxyl groups excluding tert-OH is 1. The first-order valence-electron chi connectivity index (χ1n) is 7.73. The van der Waals surface area contributed by atoms with Gasteiger partial charge in [-0.1, -0.05) is 12.8 Å². The molecule has 0 spiro atoms. The quantitative estimate of drug-likeness (QED) is 0.869. The van der Waals surface area contributed by atoms with Crippen molar-refractivity contribution in [1.29, 1.82) is 0 Å². The van der Waals surface area contributed by atoms with Crippen molar-refractivity contribution in [2.45, 2.75) is 50.7 Å². The van der Waals surface area contributed by atoms with Crippen LogP contribution >= 0.6 is 0 Å². The molecule has 1 aromatic rings. The third-order valence-corrected chi connectivity index (χ3v) is 4.74. The molecule has 1 aromatic heterocycles. The highest BCUT2D eigenvalue weighted by atomic mass is 16.3. The van der Waals surface area contributed by atoms with Gasteiger partial charge in [0.05, 0.1) is 18.5 Å². The second-order valence-corrected chi connectivity index (χ2v) is 6.05. The van der Waals surface area contributed by atoms with E-state index in [9.17, 15) is 9.90 Å². The monoisotopic (exact) mass is 290 g/mol. The SMILES string of the molecule is NC(=O)c1cncc(N2CCC[C@@H]2[C@@H]2CCCC[C@@H]2O)n1. The van der Waals surface area contributed by atoms with Crippen LogP contribution in [0.15, 0.2) is 12.4 Å². The molecule has 6 nitrogen and oxygen atoms in total. The molecule has 0 bridgehead atoms. The summed E-state index contributed by atoms with van der Waals surface area (Å²) >= 11 is 0. The maximum atomic E-state index is 11.3. The Morgan fingerprint density at radius 2 is 2.05 bits per heavy atom. The van der Waals surface area contributed by atoms with E-state index in [1.807, 2.05) is 0 Å². The van der Waals surface area contributed by atoms with Crippen LogP contribution in [0.2, 0.25) is 0 Å². The first-order chi connectivity index (χ1) is 10.2. The minimum absolute atomic E-state index is 0.197. The fourth-order valence-corrected chi connectivity index (χ4v) is 3.72. The lowest BCUT2D eigenvalue weighted by Crippen LogP contribution is -2.43. The van der Waals surface area contributed by atoms with Crippen LogP contribution in [0, 0.1) is 5.92 Å². The first kappa shape index (κ1) is 14.3. The topological polar surface area (TPSA) is 92.3 Å². The Balaban J connectivity index is 1.83. The summed E-state index contributed by atoms with van der Waals surface area (Å²) in [7, 11) is 0. The average Bonchev–Trinajstić information content (AvgIpc) is 2.97. The van der Waals surface area contributed by atoms with Crippen molar-refractivity contribution < 1.29 is 9.90 Å². The molecule has 6 heteroatoms. The number of hydrogen-bond donors (Lipinski definition) is 2. The van der Waals surface area contributed by atoms with Crippen LogP contribution in [0.25, 0.3) is 0 Å². The van der Waals surface area contributed by atoms with Gasteiger partial charge in [-0.05, 0) is 25.7 Å². The minimum atomic E-state index is -0.558. The smallest absolute Gasteiger partial charge is 0.268 e. The van der Waals surface area contributed by atoms with Gasteiger partial charge in [-0.2, -0.15) is 0 Å². The van der Waals surface area contributed by atoms with Crippen molar-refractivity contribution in [2.24, 2.45) is 11.7 Å². The number of anilines is 1. The van der Waals surface area contributed by atoms with Crippen molar-refractivity contribution in [2.75, 3.05) is 11.4 Å². The zero-order valence-electron chi connectivity index (χ0n) is 12.1. The highest BCUT2D eigenvalue weighted by molar-refractivity contribution is 5.90. The summed E-state index contributed by atoms with van der Waals surface area (Å²) in [5.41, 5.74) is 5.48. The van der Waals surface area contributed by atoms with Crippen LogP contribution in [-0.4, -0.2) is 39.7 Å². The molecule has 2 aliphatic rings. The Morgan fingerprint density at radius 1 is 1.24 bits per heavy atom. The molecule has 3 rings (SSSR count). The van der Waals surface area contributed by atoms with Crippen molar-refractivity contribution in [3.63, 3.8) is 0 Å². The Labute approximate surface area is 124 Å². The number of carbonyl (C=O) groups excluding carboxylic acids is 1. The van der Waals surface area contributed by atoms with Crippen molar-refractivity contribution in [1.82, 2.24) is 9.97 Å². The van der Waals surface area contributed by atoms with Gasteiger partial charge in [0.15, 0.2) is 0 Å². The van der Waals surface area contributed by atoms with Gasteiger partial charge in [0.1, 0.15) is 11.5 Å². The molecule has 21 heavy (non-hydrogen) atoms. The normalized spacial score (nSPS) is 29.6. The lowest BCUT2D eigenvalue weighted by molar-refractivity contribution is 0.0565. The van der Waals surface area contributed by atoms with Gasteiger partial charge < -0.3 is 15.7 Å². The number of hydrogen-bond acceptors (Lipinski definition) is 5. The van der Waals surface area contributed by atoms with Gasteiger partial charge in [0.25, 0.3) is 5.91 Å². The molecule has 1 aliphatic carbocycles. The summed E-state index contributed by atoms with van der Waals surface area (Å²) in [6.45, 7) is 0.894. The van der Waals surface area contributed by atoms with E-state index in [0.29, 0.717) is 11.7 Å². The van der Waals surface area contributed by atoms with Crippen LogP contribution in [-0.2, 0) is 0 Å². The van der Waals surface area contributed by atoms with E-state index < -0.39 is 5.91 Å². The number of rotatable bonds is 3. The molecule has 1 saturated heterocycles. The number of aromatic nitrogens is 2. The summed E-state index contributed by atoms with van der Waals surface area (Å²) in [5, 5.41) is 10.3. The largest absolute Gasteiger partial charge is 0.393 e. The Kier molecular flexibility index (Phi) is 4.05. The van der Waals surface area contributed by atoms with E-state index >= 15 is 0 Å². The highest BCUT2D eigenvalue weighted by Gasteiger charge is 2.37. The summed E-state index contributed by atoms with van der Waals surface area (Å²) in [5.74, 6) is 0.435. The van der Waals surface area contributed by atoms with Gasteiger partial charge in [-0.25, -0.2) is 4.98 Å². The summed E-state index contributed by atoms with van der Waals surface area (Å²) < 4.78 is 0. The predicted octanol–water partition coefficient (Wildman–Crippen LogP) is 1.10. The Hall–Kier alpha value is -1.69. The molecule has 2 fully saturated rings. The van der Waals surface area contributed by atoms with Crippen molar-refractivity contribution in [3.8, 4) is 0 Å². The van der Waals surface area contributed by atoms with Crippen LogP contribution < -0.4 is 10.6 Å². The summed E-state index contributed by atoms with van der Waals surface area (Å²) in [4.78, 5) is 21.9. The highest BCUT2D eigenvalue weighted by Crippen LogP contribution is 2.36. The van der Waals surface area contributed by atoms with Gasteiger partial charge in [-0.15, -0.1) is 0 Å². The molecular weight excluding hydrogens is 268 g/mol. The predicted molar refractivity (Wildman–Crippen MR) is 78.9 cm³/mol. The number of nitrogens with two attached hydrogens (primary N) is 1. The molecule has 0 aromatic carbocycles. The van der Waals surface area contributed by atoms with Crippen LogP contribution in [0.1, 0.15) is 49.0 Å². The molecule has 114 valence electrons. The lowest BCUT2D eigenvalue weighted by Gasteiger charge is -2.37. The number of carbonyl (C=O) groups is 1. The number of nitrogens with zero attached hydrogens (tertiary/aromatic N) is 3. The van der Waals surface area contributed by atoms with E-state index in [-0.39, 0.29) is 17.8 Å². The second kappa shape index (κ2) is 5.97. The standard InChI is InChI=1S/C15H22N4O2/c16-15(21)11-8-17-9-14(18-11)19-7-3-5-12(19)10-4-1-2-6-13(10)20/h8-10,12-13,20H,1-7H2,(H2,16,21)/t10-,12+,13-/m0/s1. The zero-order valence-corrected chi connectivity index (χ0v) is 12.1. The molecule has 1 aliphatic heterocycles. The average molecular weight is 290 g/mol. The molecule has 3 N–H and O–H groups in total. The van der Waals surface area contributed by atoms with Gasteiger partial charge in [0, 0.05) is 18.5 Å². The third kappa shape index (κ3) is 2.85. The molecule has 1 saturated carbocycles. The van der Waals surface area contributed by atoms with E-state index in [1.54, 1.807) is 6.20 Å². The van der Waals surface area contributed by atoms with Crippen LogP contribution in [0.3, 0.4) is 0 Å². The fraction of sp³-hybridized carbons (Fsp3) is 0.667.